The minimum atomic E-state index is -2.94. The van der Waals surface area contributed by atoms with E-state index in [1.54, 1.807) is 0 Å². The topological polar surface area (TPSA) is 98.8 Å². The number of amides is 2. The Morgan fingerprint density at radius 3 is 2.17 bits per heavy atom. The third kappa shape index (κ3) is 6.95. The lowest BCUT2D eigenvalue weighted by Gasteiger charge is -2.28. The second kappa shape index (κ2) is 12.6. The Kier molecular flexibility index (Phi) is 8.87. The molecule has 2 aliphatic rings. The van der Waals surface area contributed by atoms with Crippen LogP contribution in [0.2, 0.25) is 0 Å². The summed E-state index contributed by atoms with van der Waals surface area (Å²) in [5, 5.41) is 6.13. The van der Waals surface area contributed by atoms with Gasteiger partial charge in [-0.1, -0.05) is 31.4 Å². The van der Waals surface area contributed by atoms with E-state index in [0.717, 1.165) is 59.4 Å². The summed E-state index contributed by atoms with van der Waals surface area (Å²) in [6.45, 7) is 2.99. The molecule has 1 aliphatic heterocycles. The van der Waals surface area contributed by atoms with Crippen LogP contribution in [0.3, 0.4) is 0 Å². The van der Waals surface area contributed by atoms with Crippen molar-refractivity contribution in [2.75, 3.05) is 59.1 Å². The lowest BCUT2D eigenvalue weighted by molar-refractivity contribution is -0.120. The van der Waals surface area contributed by atoms with E-state index in [2.05, 4.69) is 10.6 Å². The van der Waals surface area contributed by atoms with E-state index in [4.69, 9.17) is 0 Å². The van der Waals surface area contributed by atoms with Gasteiger partial charge in [0.25, 0.3) is 5.91 Å². The maximum atomic E-state index is 13.4. The first kappa shape index (κ1) is 29.6. The van der Waals surface area contributed by atoms with Gasteiger partial charge in [-0.25, -0.2) is 8.42 Å². The van der Waals surface area contributed by atoms with E-state index in [-0.39, 0.29) is 29.2 Å². The molecule has 42 heavy (non-hydrogen) atoms. The molecule has 8 nitrogen and oxygen atoms in total. The quantitative estimate of drug-likeness (QED) is 0.366. The van der Waals surface area contributed by atoms with Crippen LogP contribution in [0.15, 0.2) is 60.7 Å². The molecule has 2 fully saturated rings. The minimum absolute atomic E-state index is 0.0847. The molecule has 1 saturated heterocycles. The highest BCUT2D eigenvalue weighted by Crippen LogP contribution is 2.33. The van der Waals surface area contributed by atoms with E-state index in [0.29, 0.717) is 24.3 Å². The zero-order valence-corrected chi connectivity index (χ0v) is 25.5. The fraction of sp³-hybridized carbons (Fsp3) is 0.394. The van der Waals surface area contributed by atoms with E-state index < -0.39 is 9.84 Å². The van der Waals surface area contributed by atoms with Crippen LogP contribution in [-0.4, -0.2) is 58.9 Å². The van der Waals surface area contributed by atoms with Crippen molar-refractivity contribution < 1.29 is 18.0 Å². The van der Waals surface area contributed by atoms with Crippen molar-refractivity contribution >= 4 is 44.4 Å². The summed E-state index contributed by atoms with van der Waals surface area (Å²) in [6.07, 6.45) is 5.34. The summed E-state index contributed by atoms with van der Waals surface area (Å²) in [7, 11) is 0.884. The number of carbonyl (C=O) groups is 2. The molecule has 222 valence electrons. The van der Waals surface area contributed by atoms with Gasteiger partial charge < -0.3 is 20.4 Å². The molecule has 9 heteroatoms. The molecule has 0 spiro atoms. The van der Waals surface area contributed by atoms with Crippen molar-refractivity contribution in [2.24, 2.45) is 5.92 Å². The molecule has 3 aromatic rings. The van der Waals surface area contributed by atoms with Crippen molar-refractivity contribution in [1.82, 2.24) is 0 Å². The van der Waals surface area contributed by atoms with Crippen LogP contribution in [0.4, 0.5) is 22.7 Å². The molecule has 0 atom stereocenters. The molecule has 2 amide bonds. The van der Waals surface area contributed by atoms with Crippen molar-refractivity contribution in [3.8, 4) is 11.1 Å². The zero-order valence-electron chi connectivity index (χ0n) is 24.7. The average molecular weight is 589 g/mol. The number of carbonyl (C=O) groups excluding carboxylic acids is 2. The number of nitrogens with one attached hydrogen (secondary N) is 2. The van der Waals surface area contributed by atoms with Gasteiger partial charge in [-0.15, -0.1) is 0 Å². The van der Waals surface area contributed by atoms with Gasteiger partial charge in [0.2, 0.25) is 5.91 Å². The Balaban J connectivity index is 1.31. The first-order valence-electron chi connectivity index (χ1n) is 14.7. The molecule has 0 radical (unpaired) electrons. The number of hydrogen-bond donors (Lipinski definition) is 2. The van der Waals surface area contributed by atoms with Crippen LogP contribution in [-0.2, 0) is 14.6 Å². The number of sulfone groups is 1. The summed E-state index contributed by atoms with van der Waals surface area (Å²) in [5.74, 6) is 0.289. The predicted molar refractivity (Wildman–Crippen MR) is 171 cm³/mol. The molecule has 2 N–H and O–H groups in total. The van der Waals surface area contributed by atoms with E-state index in [1.165, 1.54) is 6.42 Å². The summed E-state index contributed by atoms with van der Waals surface area (Å²) in [6, 6.07) is 19.3. The van der Waals surface area contributed by atoms with Gasteiger partial charge in [0, 0.05) is 55.9 Å². The molecule has 1 heterocycles. The van der Waals surface area contributed by atoms with Crippen molar-refractivity contribution in [2.45, 2.75) is 39.0 Å². The summed E-state index contributed by atoms with van der Waals surface area (Å²) >= 11 is 0. The number of anilines is 4. The fourth-order valence-electron chi connectivity index (χ4n) is 5.81. The molecule has 0 aromatic heterocycles. The van der Waals surface area contributed by atoms with Gasteiger partial charge in [0.15, 0.2) is 9.84 Å². The fourth-order valence-corrected chi connectivity index (χ4v) is 7.01. The Bertz CT molecular complexity index is 1550. The maximum absolute atomic E-state index is 13.4. The number of benzene rings is 3. The van der Waals surface area contributed by atoms with Gasteiger partial charge in [0.05, 0.1) is 17.1 Å². The normalized spacial score (nSPS) is 17.0. The third-order valence-corrected chi connectivity index (χ3v) is 9.96. The number of nitrogens with zero attached hydrogens (tertiary/aromatic N) is 2. The first-order valence-corrected chi connectivity index (χ1v) is 16.5. The monoisotopic (exact) mass is 588 g/mol. The smallest absolute Gasteiger partial charge is 0.257 e. The van der Waals surface area contributed by atoms with Gasteiger partial charge in [-0.3, -0.25) is 9.59 Å². The molecule has 3 aromatic carbocycles. The first-order chi connectivity index (χ1) is 20.1. The maximum Gasteiger partial charge on any atom is 0.257 e. The lowest BCUT2D eigenvalue weighted by Crippen LogP contribution is -2.40. The van der Waals surface area contributed by atoms with Crippen LogP contribution in [0, 0.1) is 12.8 Å². The zero-order chi connectivity index (χ0) is 29.9. The Hall–Kier alpha value is -3.85. The molecular weight excluding hydrogens is 548 g/mol. The van der Waals surface area contributed by atoms with Crippen LogP contribution >= 0.6 is 0 Å². The highest BCUT2D eigenvalue weighted by atomic mass is 32.2. The SMILES string of the molecule is Cc1ccc(NC(=O)C2CCCCC2)cc1-c1ccc(C(=O)Nc2ccc(N3CCS(=O)(=O)CC3)cc2)c(N(C)C)c1. The van der Waals surface area contributed by atoms with Crippen molar-refractivity contribution in [3.05, 3.63) is 71.8 Å². The highest BCUT2D eigenvalue weighted by molar-refractivity contribution is 7.91. The van der Waals surface area contributed by atoms with Gasteiger partial charge in [-0.2, -0.15) is 0 Å². The molecule has 1 aliphatic carbocycles. The molecule has 5 rings (SSSR count). The summed E-state index contributed by atoms with van der Waals surface area (Å²) in [4.78, 5) is 30.2. The molecule has 0 unspecified atom stereocenters. The molecule has 1 saturated carbocycles. The van der Waals surface area contributed by atoms with Crippen molar-refractivity contribution in [3.63, 3.8) is 0 Å². The number of aryl methyl sites for hydroxylation is 1. The highest BCUT2D eigenvalue weighted by Gasteiger charge is 2.23. The predicted octanol–water partition coefficient (Wildman–Crippen LogP) is 5.73. The third-order valence-electron chi connectivity index (χ3n) is 8.35. The van der Waals surface area contributed by atoms with Crippen LogP contribution < -0.4 is 20.4 Å². The average Bonchev–Trinajstić information content (AvgIpc) is 2.98. The minimum Gasteiger partial charge on any atom is -0.377 e. The summed E-state index contributed by atoms with van der Waals surface area (Å²) < 4.78 is 23.5. The lowest BCUT2D eigenvalue weighted by atomic mass is 9.88. The van der Waals surface area contributed by atoms with E-state index in [1.807, 2.05) is 91.5 Å². The van der Waals surface area contributed by atoms with Crippen molar-refractivity contribution in [1.29, 1.82) is 0 Å². The van der Waals surface area contributed by atoms with E-state index in [9.17, 15) is 18.0 Å². The van der Waals surface area contributed by atoms with Gasteiger partial charge in [0.1, 0.15) is 0 Å². The van der Waals surface area contributed by atoms with Crippen LogP contribution in [0.25, 0.3) is 11.1 Å². The molecule has 0 bridgehead atoms. The van der Waals surface area contributed by atoms with E-state index >= 15 is 0 Å². The van der Waals surface area contributed by atoms with Crippen LogP contribution in [0.1, 0.15) is 48.0 Å². The number of rotatable bonds is 7. The second-order valence-electron chi connectivity index (χ2n) is 11.6. The van der Waals surface area contributed by atoms with Gasteiger partial charge in [-0.05, 0) is 85.0 Å². The van der Waals surface area contributed by atoms with Gasteiger partial charge >= 0.3 is 0 Å². The Morgan fingerprint density at radius 2 is 1.50 bits per heavy atom. The second-order valence-corrected chi connectivity index (χ2v) is 13.9. The Labute approximate surface area is 249 Å². The Morgan fingerprint density at radius 1 is 0.833 bits per heavy atom. The number of hydrogen-bond acceptors (Lipinski definition) is 6. The largest absolute Gasteiger partial charge is 0.377 e. The molecular formula is C33H40N4O4S. The summed E-state index contributed by atoms with van der Waals surface area (Å²) in [5.41, 5.74) is 6.78. The standard InChI is InChI=1S/C33H40N4O4S/c1-23-9-11-27(35-32(38)24-7-5-4-6-8-24)22-30(23)25-10-16-29(31(21-25)36(2)3)33(39)34-26-12-14-28(15-13-26)37-17-19-42(40,41)20-18-37/h9-16,21-22,24H,4-8,17-20H2,1-3H3,(H,34,39)(H,35,38). The van der Waals surface area contributed by atoms with Crippen LogP contribution in [0.5, 0.6) is 0 Å².